The van der Waals surface area contributed by atoms with Gasteiger partial charge in [0.1, 0.15) is 10.8 Å². The van der Waals surface area contributed by atoms with Crippen molar-refractivity contribution in [3.05, 3.63) is 21.9 Å². The van der Waals surface area contributed by atoms with E-state index in [0.29, 0.717) is 12.6 Å². The van der Waals surface area contributed by atoms with Gasteiger partial charge in [0, 0.05) is 17.1 Å². The Morgan fingerprint density at radius 2 is 2.22 bits per heavy atom. The van der Waals surface area contributed by atoms with Gasteiger partial charge in [0.25, 0.3) is 0 Å². The zero-order valence-electron chi connectivity index (χ0n) is 10.8. The van der Waals surface area contributed by atoms with Crippen molar-refractivity contribution in [2.75, 3.05) is 0 Å². The summed E-state index contributed by atoms with van der Waals surface area (Å²) in [5.74, 6) is 1.66. The average Bonchev–Trinajstić information content (AvgIpc) is 2.92. The molecule has 0 aliphatic carbocycles. The summed E-state index contributed by atoms with van der Waals surface area (Å²) in [5.41, 5.74) is 6.74. The van der Waals surface area contributed by atoms with Gasteiger partial charge < -0.3 is 10.3 Å². The number of thioether (sulfide) groups is 1. The summed E-state index contributed by atoms with van der Waals surface area (Å²) < 4.78 is 2.09. The van der Waals surface area contributed by atoms with Crippen LogP contribution in [0.25, 0.3) is 0 Å². The van der Waals surface area contributed by atoms with E-state index in [1.807, 2.05) is 6.92 Å². The van der Waals surface area contributed by atoms with Crippen molar-refractivity contribution in [3.63, 3.8) is 0 Å². The summed E-state index contributed by atoms with van der Waals surface area (Å²) in [4.78, 5) is 4.44. The molecule has 0 saturated heterocycles. The fourth-order valence-corrected chi connectivity index (χ4v) is 3.53. The van der Waals surface area contributed by atoms with Crippen LogP contribution in [0, 0.1) is 6.92 Å². The Kier molecular flexibility index (Phi) is 4.36. The molecular weight excluding hydrogens is 266 g/mol. The molecule has 5 nitrogen and oxygen atoms in total. The van der Waals surface area contributed by atoms with Crippen molar-refractivity contribution < 1.29 is 0 Å². The standard InChI is InChI=1S/C11H17N5S2/c1-7(2)16-9(4-12)14-15-11(16)18-6-10-13-8(3)5-17-10/h5,7H,4,6,12H2,1-3H3. The fraction of sp³-hybridized carbons (Fsp3) is 0.545. The third-order valence-corrected chi connectivity index (χ3v) is 4.53. The minimum absolute atomic E-state index is 0.319. The molecule has 0 fully saturated rings. The van der Waals surface area contributed by atoms with Gasteiger partial charge in [-0.1, -0.05) is 11.8 Å². The van der Waals surface area contributed by atoms with Gasteiger partial charge in [-0.25, -0.2) is 4.98 Å². The normalized spacial score (nSPS) is 11.4. The summed E-state index contributed by atoms with van der Waals surface area (Å²) in [6, 6.07) is 0.319. The van der Waals surface area contributed by atoms with Gasteiger partial charge in [-0.05, 0) is 20.8 Å². The first-order chi connectivity index (χ1) is 8.61. The minimum atomic E-state index is 0.319. The zero-order chi connectivity index (χ0) is 13.1. The Labute approximate surface area is 115 Å². The summed E-state index contributed by atoms with van der Waals surface area (Å²) >= 11 is 3.34. The lowest BCUT2D eigenvalue weighted by molar-refractivity contribution is 0.526. The number of thiazole rings is 1. The quantitative estimate of drug-likeness (QED) is 0.853. The largest absolute Gasteiger partial charge is 0.324 e. The lowest BCUT2D eigenvalue weighted by Gasteiger charge is -2.12. The molecule has 0 saturated carbocycles. The molecule has 0 bridgehead atoms. The highest BCUT2D eigenvalue weighted by Crippen LogP contribution is 2.26. The first-order valence-electron chi connectivity index (χ1n) is 5.79. The van der Waals surface area contributed by atoms with E-state index in [0.717, 1.165) is 27.4 Å². The van der Waals surface area contributed by atoms with Gasteiger partial charge in [-0.2, -0.15) is 0 Å². The Morgan fingerprint density at radius 1 is 1.44 bits per heavy atom. The number of aryl methyl sites for hydroxylation is 1. The van der Waals surface area contributed by atoms with Crippen molar-refractivity contribution in [2.45, 2.75) is 44.3 Å². The van der Waals surface area contributed by atoms with E-state index in [1.165, 1.54) is 0 Å². The molecular formula is C11H17N5S2. The van der Waals surface area contributed by atoms with Crippen LogP contribution >= 0.6 is 23.1 Å². The number of hydrogen-bond donors (Lipinski definition) is 1. The van der Waals surface area contributed by atoms with Gasteiger partial charge in [-0.3, -0.25) is 0 Å². The highest BCUT2D eigenvalue weighted by molar-refractivity contribution is 7.98. The van der Waals surface area contributed by atoms with Crippen LogP contribution in [0.15, 0.2) is 10.5 Å². The monoisotopic (exact) mass is 283 g/mol. The van der Waals surface area contributed by atoms with Crippen LogP contribution in [0.1, 0.15) is 36.4 Å². The van der Waals surface area contributed by atoms with E-state index in [9.17, 15) is 0 Å². The maximum absolute atomic E-state index is 5.67. The van der Waals surface area contributed by atoms with Crippen molar-refractivity contribution >= 4 is 23.1 Å². The molecule has 0 aliphatic rings. The second-order valence-electron chi connectivity index (χ2n) is 4.24. The van der Waals surface area contributed by atoms with E-state index in [1.54, 1.807) is 23.1 Å². The number of hydrogen-bond acceptors (Lipinski definition) is 6. The Bertz CT molecular complexity index is 517. The lowest BCUT2D eigenvalue weighted by atomic mass is 10.4. The molecule has 2 heterocycles. The molecule has 98 valence electrons. The topological polar surface area (TPSA) is 69.6 Å². The Morgan fingerprint density at radius 3 is 2.78 bits per heavy atom. The Balaban J connectivity index is 2.11. The highest BCUT2D eigenvalue weighted by Gasteiger charge is 2.14. The fourth-order valence-electron chi connectivity index (χ4n) is 1.66. The van der Waals surface area contributed by atoms with Gasteiger partial charge in [0.05, 0.1) is 12.3 Å². The molecule has 0 aliphatic heterocycles. The molecule has 0 radical (unpaired) electrons. The van der Waals surface area contributed by atoms with Crippen molar-refractivity contribution in [1.29, 1.82) is 0 Å². The molecule has 2 rings (SSSR count). The Hall–Kier alpha value is -0.920. The lowest BCUT2D eigenvalue weighted by Crippen LogP contribution is -2.11. The molecule has 0 atom stereocenters. The second-order valence-corrected chi connectivity index (χ2v) is 6.12. The SMILES string of the molecule is Cc1csc(CSc2nnc(CN)n2C(C)C)n1. The third-order valence-electron chi connectivity index (χ3n) is 2.43. The summed E-state index contributed by atoms with van der Waals surface area (Å²) in [5, 5.41) is 12.4. The molecule has 0 unspecified atom stereocenters. The van der Waals surface area contributed by atoms with Gasteiger partial charge >= 0.3 is 0 Å². The third kappa shape index (κ3) is 2.90. The van der Waals surface area contributed by atoms with Gasteiger partial charge in [0.2, 0.25) is 0 Å². The second kappa shape index (κ2) is 5.81. The first kappa shape index (κ1) is 13.5. The van der Waals surface area contributed by atoms with Crippen molar-refractivity contribution in [1.82, 2.24) is 19.7 Å². The predicted octanol–water partition coefficient (Wildman–Crippen LogP) is 2.37. The van der Waals surface area contributed by atoms with Crippen LogP contribution in [0.4, 0.5) is 0 Å². The van der Waals surface area contributed by atoms with E-state index < -0.39 is 0 Å². The van der Waals surface area contributed by atoms with E-state index in [2.05, 4.69) is 39.0 Å². The van der Waals surface area contributed by atoms with Crippen LogP contribution in [0.3, 0.4) is 0 Å². The summed E-state index contributed by atoms with van der Waals surface area (Å²) in [6.45, 7) is 6.65. The number of rotatable bonds is 5. The zero-order valence-corrected chi connectivity index (χ0v) is 12.4. The highest BCUT2D eigenvalue weighted by atomic mass is 32.2. The van der Waals surface area contributed by atoms with Crippen LogP contribution in [-0.2, 0) is 12.3 Å². The summed E-state index contributed by atoms with van der Waals surface area (Å²) in [6.07, 6.45) is 0. The number of nitrogens with two attached hydrogens (primary N) is 1. The van der Waals surface area contributed by atoms with E-state index in [-0.39, 0.29) is 0 Å². The van der Waals surface area contributed by atoms with Gasteiger partial charge in [0.15, 0.2) is 5.16 Å². The molecule has 2 N–H and O–H groups in total. The van der Waals surface area contributed by atoms with Crippen LogP contribution in [0.5, 0.6) is 0 Å². The maximum Gasteiger partial charge on any atom is 0.191 e. The minimum Gasteiger partial charge on any atom is -0.324 e. The van der Waals surface area contributed by atoms with Crippen LogP contribution in [0.2, 0.25) is 0 Å². The molecule has 7 heteroatoms. The molecule has 18 heavy (non-hydrogen) atoms. The summed E-state index contributed by atoms with van der Waals surface area (Å²) in [7, 11) is 0. The molecule has 0 aromatic carbocycles. The first-order valence-corrected chi connectivity index (χ1v) is 7.66. The molecule has 0 spiro atoms. The van der Waals surface area contributed by atoms with Crippen LogP contribution in [-0.4, -0.2) is 19.7 Å². The van der Waals surface area contributed by atoms with E-state index in [4.69, 9.17) is 5.73 Å². The number of nitrogens with zero attached hydrogens (tertiary/aromatic N) is 4. The molecule has 2 aromatic rings. The predicted molar refractivity (Wildman–Crippen MR) is 74.7 cm³/mol. The smallest absolute Gasteiger partial charge is 0.191 e. The van der Waals surface area contributed by atoms with Crippen LogP contribution < -0.4 is 5.73 Å². The van der Waals surface area contributed by atoms with Crippen molar-refractivity contribution in [3.8, 4) is 0 Å². The molecule has 2 aromatic heterocycles. The van der Waals surface area contributed by atoms with Crippen molar-refractivity contribution in [2.24, 2.45) is 5.73 Å². The van der Waals surface area contributed by atoms with E-state index >= 15 is 0 Å². The maximum atomic E-state index is 5.67. The average molecular weight is 283 g/mol. The molecule has 0 amide bonds. The number of aromatic nitrogens is 4. The van der Waals surface area contributed by atoms with Gasteiger partial charge in [-0.15, -0.1) is 21.5 Å².